The van der Waals surface area contributed by atoms with E-state index in [2.05, 4.69) is 34.3 Å². The minimum absolute atomic E-state index is 0.0626. The van der Waals surface area contributed by atoms with Crippen LogP contribution in [0.4, 0.5) is 0 Å². The lowest BCUT2D eigenvalue weighted by Gasteiger charge is -2.29. The number of amides is 1. The Morgan fingerprint density at radius 3 is 2.58 bits per heavy atom. The minimum atomic E-state index is -0.146. The van der Waals surface area contributed by atoms with Crippen molar-refractivity contribution in [2.45, 2.75) is 50.3 Å². The van der Waals surface area contributed by atoms with Crippen molar-refractivity contribution in [3.05, 3.63) is 71.3 Å². The van der Waals surface area contributed by atoms with E-state index in [1.54, 1.807) is 0 Å². The van der Waals surface area contributed by atoms with Crippen molar-refractivity contribution in [3.8, 4) is 0 Å². The Hall–Kier alpha value is -2.62. The summed E-state index contributed by atoms with van der Waals surface area (Å²) in [4.78, 5) is 21.0. The van der Waals surface area contributed by atoms with E-state index in [9.17, 15) is 4.79 Å². The van der Waals surface area contributed by atoms with Gasteiger partial charge in [0.2, 0.25) is 0 Å². The Balaban J connectivity index is 1.37. The number of benzene rings is 2. The Kier molecular flexibility index (Phi) is 3.77. The number of hydrogen-bond acceptors (Lipinski definition) is 3. The summed E-state index contributed by atoms with van der Waals surface area (Å²) in [6, 6.07) is 19.1. The molecule has 2 atom stereocenters. The van der Waals surface area contributed by atoms with Crippen LogP contribution in [0.25, 0.3) is 0 Å². The zero-order chi connectivity index (χ0) is 17.5. The molecule has 0 radical (unpaired) electrons. The summed E-state index contributed by atoms with van der Waals surface area (Å²) >= 11 is 0. The monoisotopic (exact) mass is 346 g/mol. The average Bonchev–Trinajstić information content (AvgIpc) is 3.24. The predicted octanol–water partition coefficient (Wildman–Crippen LogP) is 4.18. The first-order valence-corrected chi connectivity index (χ1v) is 9.49. The van der Waals surface area contributed by atoms with Crippen LogP contribution in [0.2, 0.25) is 0 Å². The van der Waals surface area contributed by atoms with Crippen LogP contribution in [-0.4, -0.2) is 22.6 Å². The molecule has 1 amide bonds. The van der Waals surface area contributed by atoms with Gasteiger partial charge < -0.3 is 9.74 Å². The van der Waals surface area contributed by atoms with Gasteiger partial charge in [0.1, 0.15) is 5.71 Å². The van der Waals surface area contributed by atoms with Gasteiger partial charge in [-0.15, -0.1) is 0 Å². The zero-order valence-electron chi connectivity index (χ0n) is 14.7. The van der Waals surface area contributed by atoms with Gasteiger partial charge in [-0.2, -0.15) is 0 Å². The van der Waals surface area contributed by atoms with Crippen molar-refractivity contribution in [2.75, 3.05) is 0 Å². The van der Waals surface area contributed by atoms with Crippen LogP contribution < -0.4 is 0 Å². The van der Waals surface area contributed by atoms with E-state index in [0.717, 1.165) is 31.2 Å². The second-order valence-electron chi connectivity index (χ2n) is 7.44. The summed E-state index contributed by atoms with van der Waals surface area (Å²) in [5, 5.41) is 4.18. The van der Waals surface area contributed by atoms with E-state index in [1.165, 1.54) is 11.1 Å². The van der Waals surface area contributed by atoms with Crippen molar-refractivity contribution >= 4 is 11.6 Å². The molecule has 0 aromatic heterocycles. The smallest absolute Gasteiger partial charge is 0.272 e. The number of hydrogen-bond donors (Lipinski definition) is 0. The fourth-order valence-electron chi connectivity index (χ4n) is 4.24. The maximum atomic E-state index is 13.3. The molecule has 0 spiro atoms. The van der Waals surface area contributed by atoms with E-state index in [4.69, 9.17) is 4.84 Å². The van der Waals surface area contributed by atoms with Gasteiger partial charge >= 0.3 is 0 Å². The van der Waals surface area contributed by atoms with E-state index in [-0.39, 0.29) is 18.1 Å². The average molecular weight is 346 g/mol. The van der Waals surface area contributed by atoms with E-state index in [1.807, 2.05) is 30.3 Å². The molecule has 2 aliphatic carbocycles. The van der Waals surface area contributed by atoms with Gasteiger partial charge in [-0.25, -0.2) is 0 Å². The van der Waals surface area contributed by atoms with Crippen molar-refractivity contribution in [3.63, 3.8) is 0 Å². The van der Waals surface area contributed by atoms with Crippen molar-refractivity contribution in [1.29, 1.82) is 0 Å². The number of carbonyl (C=O) groups is 1. The molecule has 0 saturated heterocycles. The maximum absolute atomic E-state index is 13.3. The predicted molar refractivity (Wildman–Crippen MR) is 99.7 cm³/mol. The molecule has 132 valence electrons. The van der Waals surface area contributed by atoms with E-state index < -0.39 is 0 Å². The molecule has 4 nitrogen and oxygen atoms in total. The van der Waals surface area contributed by atoms with Crippen molar-refractivity contribution in [2.24, 2.45) is 5.16 Å². The lowest BCUT2D eigenvalue weighted by Crippen LogP contribution is -2.40. The third kappa shape index (κ3) is 2.70. The molecular formula is C22H22N2O2. The molecule has 0 unspecified atom stereocenters. The minimum Gasteiger partial charge on any atom is -0.387 e. The number of rotatable bonds is 4. The van der Waals surface area contributed by atoms with Crippen LogP contribution in [0.3, 0.4) is 0 Å². The number of oxime groups is 1. The van der Waals surface area contributed by atoms with Gasteiger partial charge in [-0.1, -0.05) is 59.8 Å². The number of nitrogens with zero attached hydrogens (tertiary/aromatic N) is 2. The molecule has 1 aliphatic heterocycles. The second-order valence-corrected chi connectivity index (χ2v) is 7.44. The summed E-state index contributed by atoms with van der Waals surface area (Å²) < 4.78 is 0. The first kappa shape index (κ1) is 15.6. The van der Waals surface area contributed by atoms with E-state index in [0.29, 0.717) is 18.2 Å². The van der Waals surface area contributed by atoms with Gasteiger partial charge in [-0.05, 0) is 42.4 Å². The summed E-state index contributed by atoms with van der Waals surface area (Å²) in [5.74, 6) is 0.0626. The highest BCUT2D eigenvalue weighted by Crippen LogP contribution is 2.42. The molecule has 5 rings (SSSR count). The molecule has 1 saturated carbocycles. The van der Waals surface area contributed by atoms with Crippen LogP contribution in [0.5, 0.6) is 0 Å². The molecule has 2 aromatic carbocycles. The normalized spacial score (nSPS) is 23.9. The largest absolute Gasteiger partial charge is 0.387 e. The second kappa shape index (κ2) is 6.27. The van der Waals surface area contributed by atoms with Crippen molar-refractivity contribution < 1.29 is 9.63 Å². The van der Waals surface area contributed by atoms with Crippen LogP contribution in [0.1, 0.15) is 54.5 Å². The molecule has 4 heteroatoms. The fourth-order valence-corrected chi connectivity index (χ4v) is 4.24. The molecule has 1 heterocycles. The molecular weight excluding hydrogens is 324 g/mol. The standard InChI is InChI=1S/C22H22N2O2/c25-22(19-14-21(26-23-19)16-7-2-1-3-8-16)24(17-11-12-17)20-13-10-15-6-4-5-9-18(15)20/h1-9,17,20-21H,10-14H2/t20-,21-/m0/s1. The number of carbonyl (C=O) groups excluding carboxylic acids is 1. The fraction of sp³-hybridized carbons (Fsp3) is 0.364. The quantitative estimate of drug-likeness (QED) is 0.833. The van der Waals surface area contributed by atoms with E-state index >= 15 is 0 Å². The van der Waals surface area contributed by atoms with Gasteiger partial charge in [0.25, 0.3) is 5.91 Å². The maximum Gasteiger partial charge on any atom is 0.272 e. The van der Waals surface area contributed by atoms with Gasteiger partial charge in [-0.3, -0.25) is 4.79 Å². The van der Waals surface area contributed by atoms with Crippen LogP contribution in [0, 0.1) is 0 Å². The van der Waals surface area contributed by atoms with Gasteiger partial charge in [0.15, 0.2) is 6.10 Å². The lowest BCUT2D eigenvalue weighted by molar-refractivity contribution is -0.127. The summed E-state index contributed by atoms with van der Waals surface area (Å²) in [6.07, 6.45) is 4.67. The molecule has 0 N–H and O–H groups in total. The highest BCUT2D eigenvalue weighted by atomic mass is 16.6. The molecule has 1 fully saturated rings. The van der Waals surface area contributed by atoms with Gasteiger partial charge in [0.05, 0.1) is 6.04 Å². The Labute approximate surface area is 153 Å². The third-order valence-electron chi connectivity index (χ3n) is 5.70. The SMILES string of the molecule is O=C(C1=NO[C@H](c2ccccc2)C1)N(C1CC1)[C@H]1CCc2ccccc21. The summed E-state index contributed by atoms with van der Waals surface area (Å²) in [6.45, 7) is 0. The van der Waals surface area contributed by atoms with Crippen LogP contribution in [0.15, 0.2) is 59.8 Å². The molecule has 26 heavy (non-hydrogen) atoms. The van der Waals surface area contributed by atoms with Crippen LogP contribution in [-0.2, 0) is 16.1 Å². The Morgan fingerprint density at radius 1 is 1.00 bits per heavy atom. The first-order valence-electron chi connectivity index (χ1n) is 9.49. The lowest BCUT2D eigenvalue weighted by atomic mass is 10.0. The number of fused-ring (bicyclic) bond motifs is 1. The number of aryl methyl sites for hydroxylation is 1. The van der Waals surface area contributed by atoms with Crippen molar-refractivity contribution in [1.82, 2.24) is 4.90 Å². The third-order valence-corrected chi connectivity index (χ3v) is 5.70. The summed E-state index contributed by atoms with van der Waals surface area (Å²) in [7, 11) is 0. The summed E-state index contributed by atoms with van der Waals surface area (Å²) in [5.41, 5.74) is 4.33. The molecule has 0 bridgehead atoms. The molecule has 3 aliphatic rings. The highest BCUT2D eigenvalue weighted by Gasteiger charge is 2.43. The Morgan fingerprint density at radius 2 is 1.77 bits per heavy atom. The highest BCUT2D eigenvalue weighted by molar-refractivity contribution is 6.39. The first-order chi connectivity index (χ1) is 12.8. The van der Waals surface area contributed by atoms with Crippen LogP contribution >= 0.6 is 0 Å². The van der Waals surface area contributed by atoms with Gasteiger partial charge in [0, 0.05) is 12.5 Å². The Bertz CT molecular complexity index is 857. The topological polar surface area (TPSA) is 41.9 Å². The molecule has 2 aromatic rings. The zero-order valence-corrected chi connectivity index (χ0v) is 14.7.